The van der Waals surface area contributed by atoms with Crippen molar-refractivity contribution in [3.05, 3.63) is 69.6 Å². The van der Waals surface area contributed by atoms with Gasteiger partial charge in [-0.15, -0.1) is 0 Å². The van der Waals surface area contributed by atoms with Crippen molar-refractivity contribution in [2.75, 3.05) is 5.32 Å². The molecule has 0 radical (unpaired) electrons. The molecule has 1 aromatic heterocycles. The van der Waals surface area contributed by atoms with E-state index in [1.54, 1.807) is 0 Å². The van der Waals surface area contributed by atoms with Gasteiger partial charge in [0.2, 0.25) is 0 Å². The summed E-state index contributed by atoms with van der Waals surface area (Å²) in [7, 11) is 0. The number of carbonyl (C=O) groups is 1. The van der Waals surface area contributed by atoms with E-state index in [-0.39, 0.29) is 27.0 Å². The number of benzene rings is 1. The zero-order valence-corrected chi connectivity index (χ0v) is 16.0. The molecule has 0 unspecified atom stereocenters. The predicted octanol–water partition coefficient (Wildman–Crippen LogP) is 4.55. The zero-order valence-electron chi connectivity index (χ0n) is 14.4. The molecule has 2 heterocycles. The molecule has 0 aliphatic carbocycles. The smallest absolute Gasteiger partial charge is 0.274 e. The molecule has 2 aromatic rings. The Kier molecular flexibility index (Phi) is 5.66. The highest BCUT2D eigenvalue weighted by atomic mass is 35.5. The minimum Gasteiger partial charge on any atom is -0.378 e. The predicted molar refractivity (Wildman–Crippen MR) is 104 cm³/mol. The fraction of sp³-hybridized carbons (Fsp3) is 0.167. The number of amides is 1. The zero-order chi connectivity index (χ0) is 20.5. The Morgan fingerprint density at radius 2 is 2.07 bits per heavy atom. The molecule has 3 rings (SSSR count). The average Bonchev–Trinajstić information content (AvgIpc) is 2.63. The monoisotopic (exact) mass is 426 g/mol. The SMILES string of the molecule is C[C@@]1(c2cc(NC(=O)c3ccc(Cl)cn3)ccc2F)C=C(C(F)F)SC(N)=N1. The van der Waals surface area contributed by atoms with Gasteiger partial charge in [0.1, 0.15) is 17.1 Å². The molecule has 5 nitrogen and oxygen atoms in total. The Labute approximate surface area is 167 Å². The molecule has 0 spiro atoms. The van der Waals surface area contributed by atoms with Crippen LogP contribution < -0.4 is 11.1 Å². The maximum absolute atomic E-state index is 14.5. The van der Waals surface area contributed by atoms with Crippen LogP contribution in [0.25, 0.3) is 0 Å². The molecule has 10 heteroatoms. The molecular weight excluding hydrogens is 413 g/mol. The third-order valence-corrected chi connectivity index (χ3v) is 4.99. The summed E-state index contributed by atoms with van der Waals surface area (Å²) in [6, 6.07) is 6.74. The summed E-state index contributed by atoms with van der Waals surface area (Å²) in [4.78, 5) is 20.0. The minimum absolute atomic E-state index is 0.00392. The van der Waals surface area contributed by atoms with Crippen LogP contribution in [-0.4, -0.2) is 22.5 Å². The Morgan fingerprint density at radius 1 is 1.32 bits per heavy atom. The van der Waals surface area contributed by atoms with Gasteiger partial charge in [-0.3, -0.25) is 4.79 Å². The third kappa shape index (κ3) is 4.31. The summed E-state index contributed by atoms with van der Waals surface area (Å²) in [6.45, 7) is 1.47. The first-order valence-corrected chi connectivity index (χ1v) is 9.14. The van der Waals surface area contributed by atoms with Gasteiger partial charge in [0, 0.05) is 17.4 Å². The van der Waals surface area contributed by atoms with E-state index in [1.807, 2.05) is 0 Å². The fourth-order valence-corrected chi connectivity index (χ4v) is 3.62. The number of halogens is 4. The number of nitrogens with two attached hydrogens (primary N) is 1. The fourth-order valence-electron chi connectivity index (χ4n) is 2.65. The van der Waals surface area contributed by atoms with Gasteiger partial charge in [0.25, 0.3) is 12.3 Å². The van der Waals surface area contributed by atoms with E-state index in [0.29, 0.717) is 16.8 Å². The van der Waals surface area contributed by atoms with Crippen molar-refractivity contribution in [2.24, 2.45) is 10.7 Å². The van der Waals surface area contributed by atoms with Crippen LogP contribution in [0.1, 0.15) is 23.0 Å². The van der Waals surface area contributed by atoms with E-state index < -0.39 is 23.7 Å². The number of rotatable bonds is 4. The number of thioether (sulfide) groups is 1. The lowest BCUT2D eigenvalue weighted by Gasteiger charge is -2.28. The maximum Gasteiger partial charge on any atom is 0.274 e. The van der Waals surface area contributed by atoms with E-state index in [1.165, 1.54) is 43.5 Å². The highest BCUT2D eigenvalue weighted by Crippen LogP contribution is 2.40. The minimum atomic E-state index is -2.76. The van der Waals surface area contributed by atoms with Crippen molar-refractivity contribution in [2.45, 2.75) is 18.9 Å². The standard InChI is InChI=1S/C18H14ClF3N4OS/c1-18(7-14(15(21)22)28-17(23)26-18)11-6-10(3-4-12(11)20)25-16(27)13-5-2-9(19)8-24-13/h2-8,15H,1H3,(H2,23,26)(H,25,27)/t18-/m0/s1. The second kappa shape index (κ2) is 7.84. The molecule has 1 atom stereocenters. The summed E-state index contributed by atoms with van der Waals surface area (Å²) in [6.07, 6.45) is -0.273. The maximum atomic E-state index is 14.5. The van der Waals surface area contributed by atoms with E-state index in [2.05, 4.69) is 15.3 Å². The number of amidine groups is 1. The van der Waals surface area contributed by atoms with Gasteiger partial charge in [0.05, 0.1) is 9.93 Å². The van der Waals surface area contributed by atoms with E-state index in [0.717, 1.165) is 6.07 Å². The number of allylic oxidation sites excluding steroid dienone is 1. The van der Waals surface area contributed by atoms with Crippen molar-refractivity contribution in [1.82, 2.24) is 4.98 Å². The molecular formula is C18H14ClF3N4OS. The number of nitrogens with zero attached hydrogens (tertiary/aromatic N) is 2. The topological polar surface area (TPSA) is 80.4 Å². The molecule has 0 bridgehead atoms. The highest BCUT2D eigenvalue weighted by Gasteiger charge is 2.34. The van der Waals surface area contributed by atoms with Gasteiger partial charge in [-0.2, -0.15) is 0 Å². The Balaban J connectivity index is 1.94. The van der Waals surface area contributed by atoms with Crippen molar-refractivity contribution >= 4 is 40.1 Å². The number of aromatic nitrogens is 1. The molecule has 1 aromatic carbocycles. The molecule has 0 saturated heterocycles. The normalized spacial score (nSPS) is 19.2. The van der Waals surface area contributed by atoms with Gasteiger partial charge < -0.3 is 11.1 Å². The molecule has 0 fully saturated rings. The summed E-state index contributed by atoms with van der Waals surface area (Å²) in [5, 5.41) is 2.86. The van der Waals surface area contributed by atoms with Gasteiger partial charge >= 0.3 is 0 Å². The second-order valence-electron chi connectivity index (χ2n) is 6.06. The van der Waals surface area contributed by atoms with E-state index in [9.17, 15) is 18.0 Å². The quantitative estimate of drug-likeness (QED) is 0.751. The van der Waals surface area contributed by atoms with Crippen LogP contribution in [0, 0.1) is 5.82 Å². The lowest BCUT2D eigenvalue weighted by molar-refractivity contribution is 0.102. The van der Waals surface area contributed by atoms with Crippen LogP contribution in [0.2, 0.25) is 5.02 Å². The van der Waals surface area contributed by atoms with Crippen molar-refractivity contribution in [3.8, 4) is 0 Å². The summed E-state index contributed by atoms with van der Waals surface area (Å²) in [5.74, 6) is -1.20. The molecule has 3 N–H and O–H groups in total. The van der Waals surface area contributed by atoms with Gasteiger partial charge in [-0.05, 0) is 43.3 Å². The molecule has 28 heavy (non-hydrogen) atoms. The number of alkyl halides is 2. The number of anilines is 1. The van der Waals surface area contributed by atoms with Crippen LogP contribution in [0.5, 0.6) is 0 Å². The second-order valence-corrected chi connectivity index (χ2v) is 7.59. The highest BCUT2D eigenvalue weighted by molar-refractivity contribution is 8.17. The molecule has 1 amide bonds. The number of carbonyl (C=O) groups excluding carboxylic acids is 1. The van der Waals surface area contributed by atoms with Gasteiger partial charge in [-0.25, -0.2) is 23.1 Å². The van der Waals surface area contributed by atoms with Crippen LogP contribution in [0.15, 0.2) is 52.5 Å². The third-order valence-electron chi connectivity index (χ3n) is 3.93. The number of hydrogen-bond donors (Lipinski definition) is 2. The van der Waals surface area contributed by atoms with Crippen LogP contribution in [0.4, 0.5) is 18.9 Å². The Hall–Kier alpha value is -2.52. The number of pyridine rings is 1. The van der Waals surface area contributed by atoms with Crippen molar-refractivity contribution in [3.63, 3.8) is 0 Å². The first-order chi connectivity index (χ1) is 13.2. The van der Waals surface area contributed by atoms with Crippen LogP contribution >= 0.6 is 23.4 Å². The van der Waals surface area contributed by atoms with E-state index >= 15 is 0 Å². The average molecular weight is 427 g/mol. The van der Waals surface area contributed by atoms with Crippen LogP contribution in [-0.2, 0) is 5.54 Å². The molecule has 0 saturated carbocycles. The molecule has 146 valence electrons. The van der Waals surface area contributed by atoms with E-state index in [4.69, 9.17) is 17.3 Å². The Morgan fingerprint density at radius 3 is 2.71 bits per heavy atom. The molecule has 1 aliphatic heterocycles. The summed E-state index contributed by atoms with van der Waals surface area (Å²) >= 11 is 6.38. The summed E-state index contributed by atoms with van der Waals surface area (Å²) < 4.78 is 40.8. The lowest BCUT2D eigenvalue weighted by atomic mass is 9.91. The van der Waals surface area contributed by atoms with Gasteiger partial charge in [0.15, 0.2) is 5.17 Å². The van der Waals surface area contributed by atoms with Crippen molar-refractivity contribution < 1.29 is 18.0 Å². The lowest BCUT2D eigenvalue weighted by Crippen LogP contribution is -2.27. The molecule has 1 aliphatic rings. The first-order valence-electron chi connectivity index (χ1n) is 7.95. The van der Waals surface area contributed by atoms with Crippen LogP contribution in [0.3, 0.4) is 0 Å². The summed E-state index contributed by atoms with van der Waals surface area (Å²) in [5.41, 5.74) is 4.57. The number of hydrogen-bond acceptors (Lipinski definition) is 5. The van der Waals surface area contributed by atoms with Gasteiger partial charge in [-0.1, -0.05) is 23.4 Å². The number of aliphatic imine (C=N–C) groups is 1. The number of nitrogens with one attached hydrogen (secondary N) is 1. The first kappa shape index (κ1) is 20.2. The Bertz CT molecular complexity index is 981. The largest absolute Gasteiger partial charge is 0.378 e. The van der Waals surface area contributed by atoms with Crippen molar-refractivity contribution in [1.29, 1.82) is 0 Å².